The van der Waals surface area contributed by atoms with Gasteiger partial charge in [0.1, 0.15) is 23.4 Å². The van der Waals surface area contributed by atoms with Crippen LogP contribution in [-0.4, -0.2) is 23.6 Å². The van der Waals surface area contributed by atoms with Crippen molar-refractivity contribution in [3.63, 3.8) is 0 Å². The number of nitrogens with one attached hydrogen (secondary N) is 1. The van der Waals surface area contributed by atoms with Gasteiger partial charge in [-0.3, -0.25) is 9.59 Å². The molecule has 1 atom stereocenters. The van der Waals surface area contributed by atoms with Gasteiger partial charge in [-0.05, 0) is 55.2 Å². The molecule has 4 rings (SSSR count). The van der Waals surface area contributed by atoms with Gasteiger partial charge in [0.05, 0.1) is 23.0 Å². The molecule has 1 N–H and O–H groups in total. The third-order valence-electron chi connectivity index (χ3n) is 6.30. The summed E-state index contributed by atoms with van der Waals surface area (Å²) in [4.78, 5) is 27.1. The second-order valence-corrected chi connectivity index (χ2v) is 8.53. The Bertz CT molecular complexity index is 1360. The van der Waals surface area contributed by atoms with Crippen molar-refractivity contribution in [3.05, 3.63) is 93.4 Å². The van der Waals surface area contributed by atoms with E-state index in [1.807, 2.05) is 11.0 Å². The van der Waals surface area contributed by atoms with Gasteiger partial charge in [-0.2, -0.15) is 5.26 Å². The molecule has 0 unspecified atom stereocenters. The van der Waals surface area contributed by atoms with Crippen molar-refractivity contribution in [3.8, 4) is 6.07 Å². The Morgan fingerprint density at radius 2 is 1.89 bits per heavy atom. The molecule has 0 bridgehead atoms. The summed E-state index contributed by atoms with van der Waals surface area (Å²) in [6.45, 7) is 0.853. The number of anilines is 2. The first-order chi connectivity index (χ1) is 16.8. The van der Waals surface area contributed by atoms with E-state index in [4.69, 9.17) is 0 Å². The number of alkyl halides is 1. The molecule has 1 aliphatic heterocycles. The smallest absolute Gasteiger partial charge is 0.263 e. The van der Waals surface area contributed by atoms with Crippen LogP contribution in [0.4, 0.5) is 24.5 Å². The van der Waals surface area contributed by atoms with Crippen LogP contribution in [0.2, 0.25) is 0 Å². The number of amides is 1. The highest BCUT2D eigenvalue weighted by molar-refractivity contribution is 6.05. The number of benzene rings is 2. The van der Waals surface area contributed by atoms with Crippen LogP contribution in [0.25, 0.3) is 0 Å². The number of carbonyl (C=O) groups is 1. The maximum absolute atomic E-state index is 15.0. The lowest BCUT2D eigenvalue weighted by Gasteiger charge is -2.36. The van der Waals surface area contributed by atoms with Gasteiger partial charge in [-0.25, -0.2) is 13.2 Å². The number of halogens is 3. The average Bonchev–Trinajstić information content (AvgIpc) is 2.85. The Balaban J connectivity index is 1.53. The molecule has 1 amide bonds. The molecule has 6 nitrogen and oxygen atoms in total. The quantitative estimate of drug-likeness (QED) is 0.574. The van der Waals surface area contributed by atoms with E-state index >= 15 is 4.39 Å². The summed E-state index contributed by atoms with van der Waals surface area (Å²) in [6, 6.07) is 12.8. The number of carbonyl (C=O) groups excluding carboxylic acids is 1. The van der Waals surface area contributed by atoms with Crippen molar-refractivity contribution in [1.82, 2.24) is 4.57 Å². The molecule has 0 aliphatic carbocycles. The second kappa shape index (κ2) is 10.1. The van der Waals surface area contributed by atoms with Crippen molar-refractivity contribution >= 4 is 17.3 Å². The van der Waals surface area contributed by atoms with Crippen molar-refractivity contribution in [1.29, 1.82) is 5.26 Å². The molecular formula is C26H23F3N4O2. The lowest BCUT2D eigenvalue weighted by molar-refractivity contribution is 0.102. The van der Waals surface area contributed by atoms with Crippen LogP contribution >= 0.6 is 0 Å². The molecule has 9 heteroatoms. The fourth-order valence-electron chi connectivity index (χ4n) is 4.35. The fourth-order valence-corrected chi connectivity index (χ4v) is 4.35. The lowest BCUT2D eigenvalue weighted by atomic mass is 9.88. The minimum Gasteiger partial charge on any atom is -0.370 e. The molecule has 2 heterocycles. The predicted molar refractivity (Wildman–Crippen MR) is 126 cm³/mol. The third-order valence-corrected chi connectivity index (χ3v) is 6.30. The highest BCUT2D eigenvalue weighted by Gasteiger charge is 2.30. The molecule has 3 aromatic rings. The Kier molecular flexibility index (Phi) is 6.92. The van der Waals surface area contributed by atoms with Gasteiger partial charge in [0.15, 0.2) is 0 Å². The maximum atomic E-state index is 15.0. The summed E-state index contributed by atoms with van der Waals surface area (Å²) in [5, 5.41) is 12.0. The fraction of sp³-hybridized carbons (Fsp3) is 0.269. The zero-order valence-electron chi connectivity index (χ0n) is 19.0. The summed E-state index contributed by atoms with van der Waals surface area (Å²) in [7, 11) is 1.54. The first-order valence-corrected chi connectivity index (χ1v) is 11.1. The standard InChI is InChI=1S/C26H23F3N4O2/c1-32-10-2-3-20(26(32)35)25(34)31-22-13-16(15-30)4-7-23(22)33-11-8-17(9-12-33)24(29)19-6-5-18(27)14-21(19)28/h2-7,10,13-14,17,24H,8-9,11-12H2,1H3,(H,31,34)/t24-/m1/s1. The zero-order valence-corrected chi connectivity index (χ0v) is 19.0. The molecule has 0 saturated carbocycles. The first-order valence-electron chi connectivity index (χ1n) is 11.1. The number of nitriles is 1. The number of piperidine rings is 1. The number of hydrogen-bond donors (Lipinski definition) is 1. The van der Waals surface area contributed by atoms with Gasteiger partial charge < -0.3 is 14.8 Å². The van der Waals surface area contributed by atoms with E-state index in [-0.39, 0.29) is 11.1 Å². The molecule has 35 heavy (non-hydrogen) atoms. The van der Waals surface area contributed by atoms with Gasteiger partial charge >= 0.3 is 0 Å². The number of rotatable bonds is 5. The average molecular weight is 480 g/mol. The van der Waals surface area contributed by atoms with E-state index in [0.29, 0.717) is 48.9 Å². The van der Waals surface area contributed by atoms with Gasteiger partial charge in [0.2, 0.25) is 0 Å². The van der Waals surface area contributed by atoms with Crippen molar-refractivity contribution in [2.45, 2.75) is 19.0 Å². The molecule has 180 valence electrons. The summed E-state index contributed by atoms with van der Waals surface area (Å²) in [5.74, 6) is -2.70. The lowest BCUT2D eigenvalue weighted by Crippen LogP contribution is -2.36. The molecule has 0 spiro atoms. The zero-order chi connectivity index (χ0) is 25.1. The number of pyridine rings is 1. The largest absolute Gasteiger partial charge is 0.370 e. The SMILES string of the molecule is Cn1cccc(C(=O)Nc2cc(C#N)ccc2N2CCC([C@@H](F)c3ccc(F)cc3F)CC2)c1=O. The molecule has 1 aliphatic rings. The van der Waals surface area contributed by atoms with Gasteiger partial charge in [-0.15, -0.1) is 0 Å². The first kappa shape index (κ1) is 24.1. The molecule has 1 fully saturated rings. The van der Waals surface area contributed by atoms with E-state index in [1.54, 1.807) is 31.4 Å². The molecule has 2 aromatic carbocycles. The summed E-state index contributed by atoms with van der Waals surface area (Å²) < 4.78 is 43.6. The monoisotopic (exact) mass is 480 g/mol. The Labute approximate surface area is 200 Å². The van der Waals surface area contributed by atoms with Crippen LogP contribution in [0.5, 0.6) is 0 Å². The summed E-state index contributed by atoms with van der Waals surface area (Å²) in [6.07, 6.45) is 0.794. The number of nitrogens with zero attached hydrogens (tertiary/aromatic N) is 3. The topological polar surface area (TPSA) is 78.1 Å². The van der Waals surface area contributed by atoms with Crippen LogP contribution < -0.4 is 15.8 Å². The maximum Gasteiger partial charge on any atom is 0.263 e. The Hall–Kier alpha value is -4.06. The van der Waals surface area contributed by atoms with Crippen LogP contribution in [0.1, 0.15) is 40.5 Å². The Morgan fingerprint density at radius 1 is 1.14 bits per heavy atom. The van der Waals surface area contributed by atoms with Gasteiger partial charge in [-0.1, -0.05) is 6.07 Å². The predicted octanol–water partition coefficient (Wildman–Crippen LogP) is 4.71. The summed E-state index contributed by atoms with van der Waals surface area (Å²) >= 11 is 0. The number of aromatic nitrogens is 1. The van der Waals surface area contributed by atoms with Gasteiger partial charge in [0, 0.05) is 38.0 Å². The molecular weight excluding hydrogens is 457 g/mol. The van der Waals surface area contributed by atoms with Crippen molar-refractivity contribution in [2.24, 2.45) is 13.0 Å². The third kappa shape index (κ3) is 5.06. The van der Waals surface area contributed by atoms with E-state index < -0.39 is 35.2 Å². The van der Waals surface area contributed by atoms with E-state index in [2.05, 4.69) is 5.32 Å². The highest BCUT2D eigenvalue weighted by Crippen LogP contribution is 2.38. The van der Waals surface area contributed by atoms with Crippen LogP contribution in [-0.2, 0) is 7.05 Å². The van der Waals surface area contributed by atoms with Gasteiger partial charge in [0.25, 0.3) is 11.5 Å². The number of hydrogen-bond acceptors (Lipinski definition) is 4. The number of aryl methyl sites for hydroxylation is 1. The highest BCUT2D eigenvalue weighted by atomic mass is 19.1. The van der Waals surface area contributed by atoms with Crippen LogP contribution in [0.3, 0.4) is 0 Å². The van der Waals surface area contributed by atoms with Crippen molar-refractivity contribution in [2.75, 3.05) is 23.3 Å². The minimum absolute atomic E-state index is 0.0383. The Morgan fingerprint density at radius 3 is 2.57 bits per heavy atom. The van der Waals surface area contributed by atoms with E-state index in [1.165, 1.54) is 16.7 Å². The van der Waals surface area contributed by atoms with Crippen LogP contribution in [0.15, 0.2) is 59.5 Å². The molecule has 1 saturated heterocycles. The second-order valence-electron chi connectivity index (χ2n) is 8.53. The van der Waals surface area contributed by atoms with E-state index in [0.717, 1.165) is 12.1 Å². The normalized spacial score (nSPS) is 14.9. The van der Waals surface area contributed by atoms with E-state index in [9.17, 15) is 23.6 Å². The molecule has 1 aromatic heterocycles. The minimum atomic E-state index is -1.56. The van der Waals surface area contributed by atoms with Crippen LogP contribution in [0, 0.1) is 28.9 Å². The molecule has 0 radical (unpaired) electrons. The van der Waals surface area contributed by atoms with Crippen molar-refractivity contribution < 1.29 is 18.0 Å². The summed E-state index contributed by atoms with van der Waals surface area (Å²) in [5.41, 5.74) is 0.678.